The van der Waals surface area contributed by atoms with Crippen molar-refractivity contribution in [3.8, 4) is 0 Å². The summed E-state index contributed by atoms with van der Waals surface area (Å²) in [4.78, 5) is 10.2. The maximum atomic E-state index is 13.6. The van der Waals surface area contributed by atoms with E-state index in [-0.39, 0.29) is 4.47 Å². The van der Waals surface area contributed by atoms with Crippen LogP contribution in [-0.4, -0.2) is 25.5 Å². The quantitative estimate of drug-likeness (QED) is 0.830. The van der Waals surface area contributed by atoms with E-state index in [0.29, 0.717) is 6.07 Å². The number of hydrogen-bond acceptors (Lipinski definition) is 3. The molecule has 1 atom stereocenters. The third kappa shape index (κ3) is 3.74. The Morgan fingerprint density at radius 2 is 1.90 bits per heavy atom. The van der Waals surface area contributed by atoms with E-state index in [0.717, 1.165) is 6.07 Å². The Labute approximate surface area is 123 Å². The summed E-state index contributed by atoms with van der Waals surface area (Å²) in [5.41, 5.74) is 0. The van der Waals surface area contributed by atoms with Gasteiger partial charge in [0.15, 0.2) is 0 Å². The molecule has 0 saturated heterocycles. The summed E-state index contributed by atoms with van der Waals surface area (Å²) in [6.07, 6.45) is 0. The third-order valence-electron chi connectivity index (χ3n) is 2.45. The van der Waals surface area contributed by atoms with Gasteiger partial charge in [-0.05, 0) is 27.9 Å². The second kappa shape index (κ2) is 6.15. The van der Waals surface area contributed by atoms with Gasteiger partial charge in [-0.15, -0.1) is 0 Å². The van der Waals surface area contributed by atoms with E-state index in [1.807, 2.05) is 4.72 Å². The van der Waals surface area contributed by atoms with Gasteiger partial charge in [-0.3, -0.25) is 4.79 Å². The molecule has 0 saturated carbocycles. The van der Waals surface area contributed by atoms with Crippen LogP contribution in [0.2, 0.25) is 0 Å². The van der Waals surface area contributed by atoms with Crippen LogP contribution in [0.25, 0.3) is 0 Å². The summed E-state index contributed by atoms with van der Waals surface area (Å²) in [6, 6.07) is -0.232. The third-order valence-corrected chi connectivity index (χ3v) is 4.85. The van der Waals surface area contributed by atoms with Gasteiger partial charge in [0.1, 0.15) is 22.6 Å². The van der Waals surface area contributed by atoms with Crippen molar-refractivity contribution < 1.29 is 27.1 Å². The van der Waals surface area contributed by atoms with E-state index in [1.54, 1.807) is 0 Å². The van der Waals surface area contributed by atoms with Crippen LogP contribution in [-0.2, 0) is 14.8 Å². The number of benzene rings is 1. The summed E-state index contributed by atoms with van der Waals surface area (Å²) in [7, 11) is -4.45. The van der Waals surface area contributed by atoms with Gasteiger partial charge in [0.2, 0.25) is 10.0 Å². The second-order valence-electron chi connectivity index (χ2n) is 4.38. The predicted molar refractivity (Wildman–Crippen MR) is 70.6 cm³/mol. The minimum absolute atomic E-state index is 0.324. The lowest BCUT2D eigenvalue weighted by molar-refractivity contribution is -0.140. The lowest BCUT2D eigenvalue weighted by Gasteiger charge is -2.18. The second-order valence-corrected chi connectivity index (χ2v) is 6.88. The summed E-state index contributed by atoms with van der Waals surface area (Å²) in [6.45, 7) is 2.99. The fourth-order valence-electron chi connectivity index (χ4n) is 1.48. The number of nitrogens with one attached hydrogen (secondary N) is 1. The van der Waals surface area contributed by atoms with Gasteiger partial charge in [-0.1, -0.05) is 13.8 Å². The molecule has 0 bridgehead atoms. The first-order valence-electron chi connectivity index (χ1n) is 5.46. The average molecular weight is 372 g/mol. The van der Waals surface area contributed by atoms with Crippen LogP contribution < -0.4 is 4.72 Å². The molecule has 5 nitrogen and oxygen atoms in total. The fourth-order valence-corrected chi connectivity index (χ4v) is 3.99. The van der Waals surface area contributed by atoms with E-state index in [1.165, 1.54) is 13.8 Å². The molecule has 0 spiro atoms. The van der Waals surface area contributed by atoms with E-state index in [2.05, 4.69) is 15.9 Å². The number of carboxylic acids is 1. The Bertz CT molecular complexity index is 610. The number of carboxylic acid groups (broad SMARTS) is 1. The van der Waals surface area contributed by atoms with Crippen molar-refractivity contribution in [1.29, 1.82) is 0 Å². The molecule has 0 aliphatic rings. The molecule has 0 aliphatic heterocycles. The average Bonchev–Trinajstić information content (AvgIpc) is 2.23. The molecule has 0 heterocycles. The minimum Gasteiger partial charge on any atom is -0.480 e. The van der Waals surface area contributed by atoms with Crippen molar-refractivity contribution in [1.82, 2.24) is 4.72 Å². The molecular formula is C11H12BrF2NO4S. The number of halogens is 3. The maximum absolute atomic E-state index is 13.6. The Hall–Kier alpha value is -1.06. The normalized spacial score (nSPS) is 13.5. The Morgan fingerprint density at radius 1 is 1.35 bits per heavy atom. The number of carbonyl (C=O) groups is 1. The van der Waals surface area contributed by atoms with Gasteiger partial charge in [0.05, 0.1) is 0 Å². The summed E-state index contributed by atoms with van der Waals surface area (Å²) >= 11 is 2.75. The molecular weight excluding hydrogens is 360 g/mol. The standard InChI is InChI=1S/C11H12BrF2NO4S/c1-5(2)9(11(16)17)15-20(18,19)10-7(12)3-6(13)4-8(10)14/h3-5,9,15H,1-2H3,(H,16,17)/t9-/m0/s1. The van der Waals surface area contributed by atoms with Crippen LogP contribution in [0.3, 0.4) is 0 Å². The molecule has 1 rings (SSSR count). The molecule has 2 N–H and O–H groups in total. The first-order valence-corrected chi connectivity index (χ1v) is 7.73. The first-order chi connectivity index (χ1) is 9.06. The predicted octanol–water partition coefficient (Wildman–Crippen LogP) is 2.11. The highest BCUT2D eigenvalue weighted by Gasteiger charge is 2.31. The van der Waals surface area contributed by atoms with Crippen molar-refractivity contribution in [2.24, 2.45) is 5.92 Å². The topological polar surface area (TPSA) is 83.5 Å². The summed E-state index contributed by atoms with van der Waals surface area (Å²) in [5.74, 6) is -4.20. The highest BCUT2D eigenvalue weighted by Crippen LogP contribution is 2.26. The van der Waals surface area contributed by atoms with Crippen LogP contribution in [0.1, 0.15) is 13.8 Å². The molecule has 0 aromatic heterocycles. The monoisotopic (exact) mass is 371 g/mol. The largest absolute Gasteiger partial charge is 0.480 e. The lowest BCUT2D eigenvalue weighted by atomic mass is 10.1. The zero-order valence-corrected chi connectivity index (χ0v) is 12.9. The highest BCUT2D eigenvalue weighted by atomic mass is 79.9. The van der Waals surface area contributed by atoms with Crippen LogP contribution in [0.15, 0.2) is 21.5 Å². The summed E-state index contributed by atoms with van der Waals surface area (Å²) < 4.78 is 52.2. The molecule has 0 fully saturated rings. The number of rotatable bonds is 5. The number of aliphatic carboxylic acids is 1. The molecule has 112 valence electrons. The summed E-state index contributed by atoms with van der Waals surface area (Å²) in [5, 5.41) is 8.94. The Morgan fingerprint density at radius 3 is 2.30 bits per heavy atom. The van der Waals surface area contributed by atoms with Crippen LogP contribution in [0.4, 0.5) is 8.78 Å². The van der Waals surface area contributed by atoms with Gasteiger partial charge in [0, 0.05) is 10.5 Å². The molecule has 9 heteroatoms. The van der Waals surface area contributed by atoms with Crippen LogP contribution >= 0.6 is 15.9 Å². The molecule has 0 aliphatic carbocycles. The maximum Gasteiger partial charge on any atom is 0.322 e. The number of hydrogen-bond donors (Lipinski definition) is 2. The molecule has 1 aromatic rings. The lowest BCUT2D eigenvalue weighted by Crippen LogP contribution is -2.44. The SMILES string of the molecule is CC(C)[C@H](NS(=O)(=O)c1c(F)cc(F)cc1Br)C(=O)O. The number of sulfonamides is 1. The first kappa shape index (κ1) is 17.0. The van der Waals surface area contributed by atoms with E-state index in [9.17, 15) is 22.0 Å². The molecule has 1 aromatic carbocycles. The van der Waals surface area contributed by atoms with Crippen molar-refractivity contribution in [2.45, 2.75) is 24.8 Å². The zero-order valence-electron chi connectivity index (χ0n) is 10.5. The fraction of sp³-hybridized carbons (Fsp3) is 0.364. The van der Waals surface area contributed by atoms with Crippen molar-refractivity contribution in [3.05, 3.63) is 28.2 Å². The van der Waals surface area contributed by atoms with E-state index < -0.39 is 44.5 Å². The van der Waals surface area contributed by atoms with Gasteiger partial charge >= 0.3 is 5.97 Å². The van der Waals surface area contributed by atoms with Gasteiger partial charge in [0.25, 0.3) is 0 Å². The van der Waals surface area contributed by atoms with Crippen molar-refractivity contribution >= 4 is 31.9 Å². The highest BCUT2D eigenvalue weighted by molar-refractivity contribution is 9.10. The van der Waals surface area contributed by atoms with Gasteiger partial charge in [-0.25, -0.2) is 17.2 Å². The van der Waals surface area contributed by atoms with Gasteiger partial charge in [-0.2, -0.15) is 4.72 Å². The van der Waals surface area contributed by atoms with E-state index >= 15 is 0 Å². The Balaban J connectivity index is 3.28. The molecule has 0 unspecified atom stereocenters. The molecule has 0 radical (unpaired) electrons. The van der Waals surface area contributed by atoms with Crippen molar-refractivity contribution in [3.63, 3.8) is 0 Å². The van der Waals surface area contributed by atoms with E-state index in [4.69, 9.17) is 5.11 Å². The molecule has 20 heavy (non-hydrogen) atoms. The Kier molecular flexibility index (Phi) is 5.22. The van der Waals surface area contributed by atoms with Crippen LogP contribution in [0, 0.1) is 17.6 Å². The van der Waals surface area contributed by atoms with Crippen molar-refractivity contribution in [2.75, 3.05) is 0 Å². The smallest absolute Gasteiger partial charge is 0.322 e. The zero-order chi connectivity index (χ0) is 15.7. The molecule has 0 amide bonds. The van der Waals surface area contributed by atoms with Gasteiger partial charge < -0.3 is 5.11 Å². The van der Waals surface area contributed by atoms with Crippen LogP contribution in [0.5, 0.6) is 0 Å². The minimum atomic E-state index is -4.45.